The predicted octanol–water partition coefficient (Wildman–Crippen LogP) is 2.08. The van der Waals surface area contributed by atoms with E-state index in [1.807, 2.05) is 0 Å². The standard InChI is InChI=1S/C6H4ClF2NO2/c7-5-4(12)3(6(8)9)2(11)1-10-5/h1,6,11-12H. The predicted molar refractivity (Wildman–Crippen MR) is 37.5 cm³/mol. The number of aromatic nitrogens is 1. The first-order chi connectivity index (χ1) is 5.54. The molecule has 0 aliphatic heterocycles. The topological polar surface area (TPSA) is 53.4 Å². The highest BCUT2D eigenvalue weighted by Crippen LogP contribution is 2.38. The van der Waals surface area contributed by atoms with Crippen molar-refractivity contribution < 1.29 is 19.0 Å². The first kappa shape index (κ1) is 8.99. The van der Waals surface area contributed by atoms with Crippen molar-refractivity contribution in [1.29, 1.82) is 0 Å². The van der Waals surface area contributed by atoms with Crippen LogP contribution in [0, 0.1) is 0 Å². The molecule has 0 unspecified atom stereocenters. The lowest BCUT2D eigenvalue weighted by atomic mass is 10.2. The minimum atomic E-state index is -2.98. The molecule has 0 aromatic carbocycles. The van der Waals surface area contributed by atoms with Crippen LogP contribution in [0.3, 0.4) is 0 Å². The lowest BCUT2D eigenvalue weighted by Crippen LogP contribution is -1.89. The maximum absolute atomic E-state index is 12.1. The number of alkyl halides is 2. The molecule has 0 amide bonds. The van der Waals surface area contributed by atoms with Crippen LogP contribution >= 0.6 is 11.6 Å². The molecule has 1 aromatic rings. The van der Waals surface area contributed by atoms with Gasteiger partial charge in [-0.25, -0.2) is 13.8 Å². The Hall–Kier alpha value is -1.10. The SMILES string of the molecule is Oc1cnc(Cl)c(O)c1C(F)F. The molecule has 0 bridgehead atoms. The minimum Gasteiger partial charge on any atom is -0.506 e. The van der Waals surface area contributed by atoms with Gasteiger partial charge in [0.05, 0.1) is 6.20 Å². The van der Waals surface area contributed by atoms with Crippen LogP contribution < -0.4 is 0 Å². The quantitative estimate of drug-likeness (QED) is 0.675. The van der Waals surface area contributed by atoms with Crippen LogP contribution in [0.1, 0.15) is 12.0 Å². The summed E-state index contributed by atoms with van der Waals surface area (Å²) in [6.45, 7) is 0. The molecule has 2 N–H and O–H groups in total. The Morgan fingerprint density at radius 3 is 2.42 bits per heavy atom. The summed E-state index contributed by atoms with van der Waals surface area (Å²) in [6, 6.07) is 0. The Labute approximate surface area is 71.2 Å². The van der Waals surface area contributed by atoms with Gasteiger partial charge in [-0.2, -0.15) is 0 Å². The van der Waals surface area contributed by atoms with Crippen molar-refractivity contribution in [3.63, 3.8) is 0 Å². The first-order valence-electron chi connectivity index (χ1n) is 2.88. The Morgan fingerprint density at radius 2 is 2.00 bits per heavy atom. The molecule has 3 nitrogen and oxygen atoms in total. The van der Waals surface area contributed by atoms with Crippen molar-refractivity contribution in [3.05, 3.63) is 16.9 Å². The summed E-state index contributed by atoms with van der Waals surface area (Å²) in [5, 5.41) is 17.3. The molecule has 1 heterocycles. The molecule has 0 fully saturated rings. The van der Waals surface area contributed by atoms with Crippen LogP contribution in [0.5, 0.6) is 11.5 Å². The van der Waals surface area contributed by atoms with Crippen molar-refractivity contribution in [3.8, 4) is 11.5 Å². The summed E-state index contributed by atoms with van der Waals surface area (Å²) in [5.41, 5.74) is -0.894. The van der Waals surface area contributed by atoms with Crippen LogP contribution in [0.25, 0.3) is 0 Å². The monoisotopic (exact) mass is 195 g/mol. The third-order valence-electron chi connectivity index (χ3n) is 1.24. The molecule has 66 valence electrons. The number of nitrogens with zero attached hydrogens (tertiary/aromatic N) is 1. The second kappa shape index (κ2) is 3.10. The second-order valence-electron chi connectivity index (χ2n) is 2.00. The van der Waals surface area contributed by atoms with Crippen LogP contribution in [0.4, 0.5) is 8.78 Å². The van der Waals surface area contributed by atoms with Crippen molar-refractivity contribution in [2.75, 3.05) is 0 Å². The minimum absolute atomic E-state index is 0.455. The van der Waals surface area contributed by atoms with Crippen LogP contribution in [0.2, 0.25) is 5.15 Å². The largest absolute Gasteiger partial charge is 0.506 e. The van der Waals surface area contributed by atoms with Crippen molar-refractivity contribution in [2.24, 2.45) is 0 Å². The fourth-order valence-corrected chi connectivity index (χ4v) is 0.847. The fourth-order valence-electron chi connectivity index (χ4n) is 0.696. The fraction of sp³-hybridized carbons (Fsp3) is 0.167. The van der Waals surface area contributed by atoms with Gasteiger partial charge in [-0.3, -0.25) is 0 Å². The summed E-state index contributed by atoms with van der Waals surface area (Å²) in [6.07, 6.45) is -2.23. The highest BCUT2D eigenvalue weighted by molar-refractivity contribution is 6.30. The summed E-state index contributed by atoms with van der Waals surface area (Å²) < 4.78 is 24.1. The number of pyridine rings is 1. The van der Waals surface area contributed by atoms with E-state index >= 15 is 0 Å². The van der Waals surface area contributed by atoms with Gasteiger partial charge in [0.1, 0.15) is 11.3 Å². The number of halogens is 3. The van der Waals surface area contributed by atoms with E-state index in [-0.39, 0.29) is 0 Å². The molecule has 0 saturated heterocycles. The Kier molecular flexibility index (Phi) is 2.32. The molecule has 1 rings (SSSR count). The van der Waals surface area contributed by atoms with Crippen molar-refractivity contribution in [1.82, 2.24) is 4.98 Å². The maximum Gasteiger partial charge on any atom is 0.271 e. The normalized spacial score (nSPS) is 10.7. The average Bonchev–Trinajstić information content (AvgIpc) is 1.97. The molecule has 6 heteroatoms. The summed E-state index contributed by atoms with van der Waals surface area (Å²) in [7, 11) is 0. The van der Waals surface area contributed by atoms with Crippen molar-refractivity contribution >= 4 is 11.6 Å². The van der Waals surface area contributed by atoms with E-state index < -0.39 is 28.6 Å². The van der Waals surface area contributed by atoms with E-state index in [1.54, 1.807) is 0 Å². The number of hydrogen-bond donors (Lipinski definition) is 2. The summed E-state index contributed by atoms with van der Waals surface area (Å²) in [5.74, 6) is -1.65. The third kappa shape index (κ3) is 1.40. The molecule has 0 radical (unpaired) electrons. The Balaban J connectivity index is 3.33. The van der Waals surface area contributed by atoms with E-state index in [4.69, 9.17) is 21.8 Å². The van der Waals surface area contributed by atoms with Gasteiger partial charge >= 0.3 is 0 Å². The highest BCUT2D eigenvalue weighted by Gasteiger charge is 2.20. The van der Waals surface area contributed by atoms with E-state index in [1.165, 1.54) is 0 Å². The number of hydrogen-bond acceptors (Lipinski definition) is 3. The molecule has 0 aliphatic carbocycles. The summed E-state index contributed by atoms with van der Waals surface area (Å²) in [4.78, 5) is 3.25. The van der Waals surface area contributed by atoms with Gasteiger partial charge in [-0.1, -0.05) is 11.6 Å². The van der Waals surface area contributed by atoms with Gasteiger partial charge in [-0.05, 0) is 0 Å². The van der Waals surface area contributed by atoms with Gasteiger partial charge in [-0.15, -0.1) is 0 Å². The molecule has 0 spiro atoms. The van der Waals surface area contributed by atoms with Gasteiger partial charge in [0, 0.05) is 0 Å². The van der Waals surface area contributed by atoms with Gasteiger partial charge in [0.15, 0.2) is 10.9 Å². The average molecular weight is 196 g/mol. The zero-order chi connectivity index (χ0) is 9.30. The highest BCUT2D eigenvalue weighted by atomic mass is 35.5. The molecule has 12 heavy (non-hydrogen) atoms. The van der Waals surface area contributed by atoms with E-state index in [0.717, 1.165) is 6.20 Å². The third-order valence-corrected chi connectivity index (χ3v) is 1.52. The van der Waals surface area contributed by atoms with Crippen LogP contribution in [0.15, 0.2) is 6.20 Å². The molecule has 0 aliphatic rings. The van der Waals surface area contributed by atoms with E-state index in [2.05, 4.69) is 4.98 Å². The van der Waals surface area contributed by atoms with Gasteiger partial charge < -0.3 is 10.2 Å². The van der Waals surface area contributed by atoms with Gasteiger partial charge in [0.2, 0.25) is 0 Å². The lowest BCUT2D eigenvalue weighted by Gasteiger charge is -2.05. The number of aromatic hydroxyl groups is 2. The lowest BCUT2D eigenvalue weighted by molar-refractivity contribution is 0.143. The van der Waals surface area contributed by atoms with Crippen LogP contribution in [-0.2, 0) is 0 Å². The number of rotatable bonds is 1. The zero-order valence-electron chi connectivity index (χ0n) is 5.63. The zero-order valence-corrected chi connectivity index (χ0v) is 6.39. The Bertz CT molecular complexity index is 306. The Morgan fingerprint density at radius 1 is 1.42 bits per heavy atom. The molecular weight excluding hydrogens is 192 g/mol. The van der Waals surface area contributed by atoms with E-state index in [0.29, 0.717) is 0 Å². The molecular formula is C6H4ClF2NO2. The van der Waals surface area contributed by atoms with Crippen LogP contribution in [-0.4, -0.2) is 15.2 Å². The second-order valence-corrected chi connectivity index (χ2v) is 2.36. The van der Waals surface area contributed by atoms with E-state index in [9.17, 15) is 8.78 Å². The molecule has 0 atom stereocenters. The van der Waals surface area contributed by atoms with Gasteiger partial charge in [0.25, 0.3) is 6.43 Å². The maximum atomic E-state index is 12.1. The summed E-state index contributed by atoms with van der Waals surface area (Å²) >= 11 is 5.22. The van der Waals surface area contributed by atoms with Crippen molar-refractivity contribution in [2.45, 2.75) is 6.43 Å². The first-order valence-corrected chi connectivity index (χ1v) is 3.26. The smallest absolute Gasteiger partial charge is 0.271 e. The molecule has 0 saturated carbocycles. The molecule has 1 aromatic heterocycles.